The van der Waals surface area contributed by atoms with E-state index in [1.807, 2.05) is 12.1 Å². The predicted octanol–water partition coefficient (Wildman–Crippen LogP) is 3.70. The third-order valence-corrected chi connectivity index (χ3v) is 4.73. The standard InChI is InChI=1S/C17H17NO/c19-17-14(6-5-12-2-1-7-18-16(12)17)10-15-9-11-3-4-13(15)8-11/h1-7,11,13,15,19H,8-10H2. The maximum absolute atomic E-state index is 10.4. The number of aromatic hydroxyl groups is 1. The van der Waals surface area contributed by atoms with Gasteiger partial charge in [-0.1, -0.05) is 30.4 Å². The highest BCUT2D eigenvalue weighted by atomic mass is 16.3. The molecule has 19 heavy (non-hydrogen) atoms. The molecular weight excluding hydrogens is 234 g/mol. The van der Waals surface area contributed by atoms with E-state index >= 15 is 0 Å². The first-order valence-electron chi connectivity index (χ1n) is 7.05. The molecule has 0 amide bonds. The molecule has 2 heteroatoms. The number of allylic oxidation sites excluding steroid dienone is 2. The minimum absolute atomic E-state index is 0.379. The predicted molar refractivity (Wildman–Crippen MR) is 76.0 cm³/mol. The Morgan fingerprint density at radius 1 is 1.16 bits per heavy atom. The number of nitrogens with zero attached hydrogens (tertiary/aromatic N) is 1. The smallest absolute Gasteiger partial charge is 0.144 e. The number of phenolic OH excluding ortho intramolecular Hbond substituents is 1. The SMILES string of the molecule is Oc1c(CC2CC3C=CC2C3)ccc2cccnc12. The van der Waals surface area contributed by atoms with Gasteiger partial charge in [0.1, 0.15) is 11.3 Å². The van der Waals surface area contributed by atoms with Crippen LogP contribution in [0.2, 0.25) is 0 Å². The van der Waals surface area contributed by atoms with Gasteiger partial charge in [-0.15, -0.1) is 0 Å². The number of hydrogen-bond acceptors (Lipinski definition) is 2. The summed E-state index contributed by atoms with van der Waals surface area (Å²) < 4.78 is 0. The van der Waals surface area contributed by atoms with Crippen LogP contribution in [0.3, 0.4) is 0 Å². The summed E-state index contributed by atoms with van der Waals surface area (Å²) in [7, 11) is 0. The third kappa shape index (κ3) is 1.74. The van der Waals surface area contributed by atoms with E-state index in [2.05, 4.69) is 29.3 Å². The zero-order chi connectivity index (χ0) is 12.8. The largest absolute Gasteiger partial charge is 0.505 e. The van der Waals surface area contributed by atoms with E-state index in [1.54, 1.807) is 6.20 Å². The van der Waals surface area contributed by atoms with E-state index in [9.17, 15) is 5.11 Å². The molecule has 4 rings (SSSR count). The van der Waals surface area contributed by atoms with Crippen molar-refractivity contribution in [1.29, 1.82) is 0 Å². The molecule has 2 aromatic rings. The Morgan fingerprint density at radius 2 is 2.11 bits per heavy atom. The highest BCUT2D eigenvalue weighted by Crippen LogP contribution is 2.45. The molecule has 3 unspecified atom stereocenters. The highest BCUT2D eigenvalue weighted by Gasteiger charge is 2.35. The fourth-order valence-corrected chi connectivity index (χ4v) is 3.75. The van der Waals surface area contributed by atoms with E-state index in [0.29, 0.717) is 11.7 Å². The quantitative estimate of drug-likeness (QED) is 0.826. The summed E-state index contributed by atoms with van der Waals surface area (Å²) in [4.78, 5) is 4.30. The van der Waals surface area contributed by atoms with E-state index in [0.717, 1.165) is 34.7 Å². The minimum Gasteiger partial charge on any atom is -0.505 e. The van der Waals surface area contributed by atoms with Crippen LogP contribution in [-0.2, 0) is 6.42 Å². The zero-order valence-electron chi connectivity index (χ0n) is 10.8. The topological polar surface area (TPSA) is 33.1 Å². The molecule has 96 valence electrons. The number of pyridine rings is 1. The summed E-state index contributed by atoms with van der Waals surface area (Å²) >= 11 is 0. The van der Waals surface area contributed by atoms with Crippen molar-refractivity contribution >= 4 is 10.9 Å². The Morgan fingerprint density at radius 3 is 2.89 bits per heavy atom. The average Bonchev–Trinajstić information content (AvgIpc) is 3.05. The fraction of sp³-hybridized carbons (Fsp3) is 0.353. The van der Waals surface area contributed by atoms with Gasteiger partial charge in [-0.25, -0.2) is 0 Å². The lowest BCUT2D eigenvalue weighted by molar-refractivity contribution is 0.425. The Bertz CT molecular complexity index is 661. The molecule has 0 saturated heterocycles. The number of benzene rings is 1. The molecule has 1 fully saturated rings. The summed E-state index contributed by atoms with van der Waals surface area (Å²) in [6, 6.07) is 8.03. The Kier molecular flexibility index (Phi) is 2.37. The molecule has 3 atom stereocenters. The normalized spacial score (nSPS) is 28.3. The van der Waals surface area contributed by atoms with Crippen molar-refractivity contribution in [3.8, 4) is 5.75 Å². The van der Waals surface area contributed by atoms with Gasteiger partial charge in [-0.2, -0.15) is 0 Å². The molecule has 2 aliphatic carbocycles. The number of rotatable bonds is 2. The molecule has 2 bridgehead atoms. The Labute approximate surface area is 112 Å². The van der Waals surface area contributed by atoms with Crippen LogP contribution in [0.15, 0.2) is 42.6 Å². The van der Waals surface area contributed by atoms with Gasteiger partial charge in [0.25, 0.3) is 0 Å². The van der Waals surface area contributed by atoms with Gasteiger partial charge in [0, 0.05) is 11.6 Å². The van der Waals surface area contributed by atoms with Crippen LogP contribution in [-0.4, -0.2) is 10.1 Å². The zero-order valence-corrected chi connectivity index (χ0v) is 10.8. The van der Waals surface area contributed by atoms with E-state index in [1.165, 1.54) is 12.8 Å². The molecule has 1 heterocycles. The maximum Gasteiger partial charge on any atom is 0.144 e. The summed E-state index contributed by atoms with van der Waals surface area (Å²) in [5, 5.41) is 11.4. The maximum atomic E-state index is 10.4. The summed E-state index contributed by atoms with van der Waals surface area (Å²) in [5.41, 5.74) is 1.79. The van der Waals surface area contributed by atoms with Crippen LogP contribution in [0.1, 0.15) is 18.4 Å². The van der Waals surface area contributed by atoms with Crippen LogP contribution >= 0.6 is 0 Å². The lowest BCUT2D eigenvalue weighted by Crippen LogP contribution is -2.10. The minimum atomic E-state index is 0.379. The van der Waals surface area contributed by atoms with Crippen molar-refractivity contribution in [2.45, 2.75) is 19.3 Å². The van der Waals surface area contributed by atoms with Crippen LogP contribution in [0.5, 0.6) is 5.75 Å². The first kappa shape index (κ1) is 11.0. The molecule has 0 radical (unpaired) electrons. The number of aromatic nitrogens is 1. The summed E-state index contributed by atoms with van der Waals surface area (Å²) in [6.45, 7) is 0. The fourth-order valence-electron chi connectivity index (χ4n) is 3.75. The van der Waals surface area contributed by atoms with Crippen molar-refractivity contribution in [2.24, 2.45) is 17.8 Å². The van der Waals surface area contributed by atoms with Gasteiger partial charge in [0.05, 0.1) is 0 Å². The molecule has 2 nitrogen and oxygen atoms in total. The molecule has 0 spiro atoms. The molecule has 2 aliphatic rings. The van der Waals surface area contributed by atoms with Gasteiger partial charge in [0.15, 0.2) is 0 Å². The monoisotopic (exact) mass is 251 g/mol. The van der Waals surface area contributed by atoms with Crippen molar-refractivity contribution in [3.63, 3.8) is 0 Å². The number of hydrogen-bond donors (Lipinski definition) is 1. The second-order valence-electron chi connectivity index (χ2n) is 5.89. The van der Waals surface area contributed by atoms with Gasteiger partial charge >= 0.3 is 0 Å². The van der Waals surface area contributed by atoms with Crippen LogP contribution in [0, 0.1) is 17.8 Å². The Balaban J connectivity index is 1.68. The highest BCUT2D eigenvalue weighted by molar-refractivity contribution is 5.85. The first-order valence-corrected chi connectivity index (χ1v) is 7.05. The molecule has 1 aromatic carbocycles. The average molecular weight is 251 g/mol. The van der Waals surface area contributed by atoms with Crippen LogP contribution < -0.4 is 0 Å². The van der Waals surface area contributed by atoms with Gasteiger partial charge < -0.3 is 5.11 Å². The van der Waals surface area contributed by atoms with E-state index in [4.69, 9.17) is 0 Å². The summed E-state index contributed by atoms with van der Waals surface area (Å²) in [6.07, 6.45) is 10.0. The molecular formula is C17H17NO. The molecule has 1 saturated carbocycles. The second-order valence-corrected chi connectivity index (χ2v) is 5.89. The van der Waals surface area contributed by atoms with Gasteiger partial charge in [-0.05, 0) is 48.6 Å². The Hall–Kier alpha value is -1.83. The third-order valence-electron chi connectivity index (χ3n) is 4.73. The van der Waals surface area contributed by atoms with Crippen molar-refractivity contribution < 1.29 is 5.11 Å². The van der Waals surface area contributed by atoms with Crippen molar-refractivity contribution in [2.75, 3.05) is 0 Å². The first-order chi connectivity index (χ1) is 9.31. The van der Waals surface area contributed by atoms with Crippen molar-refractivity contribution in [1.82, 2.24) is 4.98 Å². The van der Waals surface area contributed by atoms with Crippen LogP contribution in [0.25, 0.3) is 10.9 Å². The lowest BCUT2D eigenvalue weighted by Gasteiger charge is -2.18. The van der Waals surface area contributed by atoms with Gasteiger partial charge in [-0.3, -0.25) is 4.98 Å². The molecule has 0 aliphatic heterocycles. The second kappa shape index (κ2) is 4.09. The summed E-state index contributed by atoms with van der Waals surface area (Å²) in [5.74, 6) is 2.59. The number of fused-ring (bicyclic) bond motifs is 3. The molecule has 1 aromatic heterocycles. The van der Waals surface area contributed by atoms with E-state index < -0.39 is 0 Å². The van der Waals surface area contributed by atoms with Crippen LogP contribution in [0.4, 0.5) is 0 Å². The number of phenols is 1. The van der Waals surface area contributed by atoms with Gasteiger partial charge in [0.2, 0.25) is 0 Å². The van der Waals surface area contributed by atoms with Crippen molar-refractivity contribution in [3.05, 3.63) is 48.2 Å². The molecule has 1 N–H and O–H groups in total. The van der Waals surface area contributed by atoms with E-state index in [-0.39, 0.29) is 0 Å². The lowest BCUT2D eigenvalue weighted by atomic mass is 9.87.